The van der Waals surface area contributed by atoms with Crippen molar-refractivity contribution >= 4 is 0 Å². The lowest BCUT2D eigenvalue weighted by atomic mass is 10.1. The maximum Gasteiger partial charge on any atom is 0.416 e. The van der Waals surface area contributed by atoms with Crippen LogP contribution in [0.3, 0.4) is 0 Å². The third-order valence-electron chi connectivity index (χ3n) is 3.98. The van der Waals surface area contributed by atoms with Crippen LogP contribution in [0.4, 0.5) is 17.6 Å². The van der Waals surface area contributed by atoms with Crippen LogP contribution in [-0.4, -0.2) is 19.9 Å². The highest BCUT2D eigenvalue weighted by Gasteiger charge is 2.30. The van der Waals surface area contributed by atoms with E-state index in [0.717, 1.165) is 12.1 Å². The SMILES string of the molecule is O=c1ccn(-c2cccc(F)c2)nc1-c1nc(-c2ccc(C(F)(F)F)cc2)no1. The predicted molar refractivity (Wildman–Crippen MR) is 93.5 cm³/mol. The van der Waals surface area contributed by atoms with Crippen molar-refractivity contribution in [2.75, 3.05) is 0 Å². The minimum atomic E-state index is -4.46. The quantitative estimate of drug-likeness (QED) is 0.482. The van der Waals surface area contributed by atoms with Gasteiger partial charge in [0.15, 0.2) is 5.69 Å². The molecule has 2 aromatic carbocycles. The van der Waals surface area contributed by atoms with Crippen molar-refractivity contribution in [3.05, 3.63) is 82.4 Å². The molecule has 0 unspecified atom stereocenters. The molecule has 0 N–H and O–H groups in total. The van der Waals surface area contributed by atoms with Gasteiger partial charge >= 0.3 is 6.18 Å². The van der Waals surface area contributed by atoms with Crippen molar-refractivity contribution in [2.45, 2.75) is 6.18 Å². The molecule has 0 aliphatic rings. The number of rotatable bonds is 3. The van der Waals surface area contributed by atoms with Crippen molar-refractivity contribution in [1.29, 1.82) is 0 Å². The highest BCUT2D eigenvalue weighted by atomic mass is 19.4. The lowest BCUT2D eigenvalue weighted by Gasteiger charge is -2.06. The zero-order valence-corrected chi connectivity index (χ0v) is 14.4. The van der Waals surface area contributed by atoms with Gasteiger partial charge in [-0.3, -0.25) is 4.79 Å². The van der Waals surface area contributed by atoms with Crippen LogP contribution in [0.25, 0.3) is 28.7 Å². The number of nitrogens with zero attached hydrogens (tertiary/aromatic N) is 4. The summed E-state index contributed by atoms with van der Waals surface area (Å²) in [5.41, 5.74) is -0.863. The fourth-order valence-corrected chi connectivity index (χ4v) is 2.56. The van der Waals surface area contributed by atoms with Crippen LogP contribution in [-0.2, 0) is 6.18 Å². The molecule has 0 radical (unpaired) electrons. The fraction of sp³-hybridized carbons (Fsp3) is 0.0526. The number of hydrogen-bond acceptors (Lipinski definition) is 5. The monoisotopic (exact) mass is 402 g/mol. The van der Waals surface area contributed by atoms with Gasteiger partial charge in [0.05, 0.1) is 11.3 Å². The molecule has 4 rings (SSSR count). The molecule has 0 bridgehead atoms. The van der Waals surface area contributed by atoms with Crippen LogP contribution >= 0.6 is 0 Å². The maximum atomic E-state index is 13.4. The molecule has 0 saturated heterocycles. The van der Waals surface area contributed by atoms with Gasteiger partial charge in [-0.05, 0) is 30.3 Å². The van der Waals surface area contributed by atoms with E-state index in [4.69, 9.17) is 4.52 Å². The van der Waals surface area contributed by atoms with E-state index < -0.39 is 23.0 Å². The summed E-state index contributed by atoms with van der Waals surface area (Å²) in [5.74, 6) is -0.696. The lowest BCUT2D eigenvalue weighted by Crippen LogP contribution is -2.12. The second-order valence-electron chi connectivity index (χ2n) is 5.95. The molecule has 0 amide bonds. The summed E-state index contributed by atoms with van der Waals surface area (Å²) < 4.78 is 57.8. The van der Waals surface area contributed by atoms with E-state index in [9.17, 15) is 22.4 Å². The lowest BCUT2D eigenvalue weighted by molar-refractivity contribution is -0.137. The molecule has 10 heteroatoms. The zero-order valence-electron chi connectivity index (χ0n) is 14.4. The summed E-state index contributed by atoms with van der Waals surface area (Å²) in [5, 5.41) is 7.80. The van der Waals surface area contributed by atoms with Crippen molar-refractivity contribution in [3.63, 3.8) is 0 Å². The molecule has 0 atom stereocenters. The predicted octanol–water partition coefficient (Wildman–Crippen LogP) is 4.11. The molecular weight excluding hydrogens is 392 g/mol. The molecule has 0 spiro atoms. The molecule has 0 fully saturated rings. The van der Waals surface area contributed by atoms with Crippen LogP contribution in [0.5, 0.6) is 0 Å². The van der Waals surface area contributed by atoms with Crippen LogP contribution in [0.1, 0.15) is 5.56 Å². The molecule has 0 aliphatic carbocycles. The van der Waals surface area contributed by atoms with Crippen molar-refractivity contribution < 1.29 is 22.1 Å². The van der Waals surface area contributed by atoms with Gasteiger partial charge in [0.1, 0.15) is 5.82 Å². The van der Waals surface area contributed by atoms with Crippen LogP contribution < -0.4 is 5.43 Å². The first-order valence-electron chi connectivity index (χ1n) is 8.19. The van der Waals surface area contributed by atoms with E-state index in [0.29, 0.717) is 5.69 Å². The van der Waals surface area contributed by atoms with Crippen LogP contribution in [0.2, 0.25) is 0 Å². The average molecular weight is 402 g/mol. The Labute approximate surface area is 160 Å². The molecule has 4 aromatic rings. The molecule has 29 heavy (non-hydrogen) atoms. The number of hydrogen-bond donors (Lipinski definition) is 0. The standard InChI is InChI=1S/C19H10F4N4O2/c20-13-2-1-3-14(10-13)27-9-8-15(28)16(25-27)18-24-17(26-29-18)11-4-6-12(7-5-11)19(21,22)23/h1-10H. The molecular formula is C19H10F4N4O2. The van der Waals surface area contributed by atoms with E-state index in [-0.39, 0.29) is 23.0 Å². The fourth-order valence-electron chi connectivity index (χ4n) is 2.56. The Morgan fingerprint density at radius 2 is 1.76 bits per heavy atom. The smallest absolute Gasteiger partial charge is 0.332 e. The Balaban J connectivity index is 1.69. The minimum absolute atomic E-state index is 0.00363. The summed E-state index contributed by atoms with van der Waals surface area (Å²) in [4.78, 5) is 16.2. The van der Waals surface area contributed by atoms with Gasteiger partial charge in [-0.25, -0.2) is 9.07 Å². The second kappa shape index (κ2) is 6.97. The number of halogens is 4. The first-order chi connectivity index (χ1) is 13.8. The zero-order chi connectivity index (χ0) is 20.6. The Kier molecular flexibility index (Phi) is 4.45. The average Bonchev–Trinajstić information content (AvgIpc) is 3.18. The van der Waals surface area contributed by atoms with E-state index in [1.165, 1.54) is 47.3 Å². The maximum absolute atomic E-state index is 13.4. The molecule has 2 heterocycles. The van der Waals surface area contributed by atoms with Crippen molar-refractivity contribution in [3.8, 4) is 28.7 Å². The van der Waals surface area contributed by atoms with Gasteiger partial charge in [0.25, 0.3) is 5.89 Å². The largest absolute Gasteiger partial charge is 0.416 e. The van der Waals surface area contributed by atoms with Crippen molar-refractivity contribution in [1.82, 2.24) is 19.9 Å². The van der Waals surface area contributed by atoms with E-state index >= 15 is 0 Å². The third-order valence-corrected chi connectivity index (χ3v) is 3.98. The Bertz CT molecular complexity index is 1230. The number of alkyl halides is 3. The summed E-state index contributed by atoms with van der Waals surface area (Å²) in [7, 11) is 0. The van der Waals surface area contributed by atoms with E-state index in [1.807, 2.05) is 0 Å². The van der Waals surface area contributed by atoms with E-state index in [2.05, 4.69) is 15.2 Å². The van der Waals surface area contributed by atoms with Gasteiger partial charge in [0, 0.05) is 17.8 Å². The summed E-state index contributed by atoms with van der Waals surface area (Å²) in [6, 6.07) is 10.9. The van der Waals surface area contributed by atoms with Gasteiger partial charge < -0.3 is 4.52 Å². The third kappa shape index (κ3) is 3.77. The topological polar surface area (TPSA) is 73.8 Å². The molecule has 146 valence electrons. The van der Waals surface area contributed by atoms with Crippen molar-refractivity contribution in [2.24, 2.45) is 0 Å². The van der Waals surface area contributed by atoms with Gasteiger partial charge in [0.2, 0.25) is 11.3 Å². The minimum Gasteiger partial charge on any atom is -0.332 e. The number of aromatic nitrogens is 4. The first-order valence-corrected chi connectivity index (χ1v) is 8.19. The Morgan fingerprint density at radius 3 is 2.45 bits per heavy atom. The summed E-state index contributed by atoms with van der Waals surface area (Å²) in [6.45, 7) is 0. The number of benzene rings is 2. The summed E-state index contributed by atoms with van der Waals surface area (Å²) in [6.07, 6.45) is -3.11. The van der Waals surface area contributed by atoms with Gasteiger partial charge in [-0.1, -0.05) is 23.4 Å². The molecule has 0 saturated carbocycles. The second-order valence-corrected chi connectivity index (χ2v) is 5.95. The van der Waals surface area contributed by atoms with Crippen LogP contribution in [0.15, 0.2) is 70.1 Å². The Morgan fingerprint density at radius 1 is 1.00 bits per heavy atom. The Hall–Kier alpha value is -3.82. The first kappa shape index (κ1) is 18.5. The van der Waals surface area contributed by atoms with E-state index in [1.54, 1.807) is 6.07 Å². The normalized spacial score (nSPS) is 11.6. The summed E-state index contributed by atoms with van der Waals surface area (Å²) >= 11 is 0. The van der Waals surface area contributed by atoms with Crippen LogP contribution in [0, 0.1) is 5.82 Å². The highest BCUT2D eigenvalue weighted by Crippen LogP contribution is 2.30. The highest BCUT2D eigenvalue weighted by molar-refractivity contribution is 5.58. The van der Waals surface area contributed by atoms with Gasteiger partial charge in [-0.2, -0.15) is 23.3 Å². The molecule has 0 aliphatic heterocycles. The molecule has 2 aromatic heterocycles. The molecule has 6 nitrogen and oxygen atoms in total. The van der Waals surface area contributed by atoms with Gasteiger partial charge in [-0.15, -0.1) is 0 Å².